The lowest BCUT2D eigenvalue weighted by molar-refractivity contribution is -0.131. The molecule has 2 amide bonds. The molecule has 2 N–H and O–H groups in total. The third-order valence-corrected chi connectivity index (χ3v) is 4.83. The first-order chi connectivity index (χ1) is 13.1. The Labute approximate surface area is 160 Å². The highest BCUT2D eigenvalue weighted by Gasteiger charge is 2.15. The van der Waals surface area contributed by atoms with E-state index in [1.54, 1.807) is 34.5 Å². The highest BCUT2D eigenvalue weighted by molar-refractivity contribution is 7.08. The number of amides is 2. The van der Waals surface area contributed by atoms with E-state index in [-0.39, 0.29) is 36.9 Å². The summed E-state index contributed by atoms with van der Waals surface area (Å²) in [4.78, 5) is 45.3. The van der Waals surface area contributed by atoms with Crippen LogP contribution >= 0.6 is 11.3 Å². The molecular weight excluding hydrogens is 364 g/mol. The van der Waals surface area contributed by atoms with E-state index in [1.165, 1.54) is 11.3 Å². The molecule has 0 unspecified atom stereocenters. The average molecular weight is 384 g/mol. The van der Waals surface area contributed by atoms with Crippen LogP contribution in [0.5, 0.6) is 0 Å². The molecule has 0 saturated heterocycles. The molecule has 0 fully saturated rings. The van der Waals surface area contributed by atoms with Crippen LogP contribution in [0.3, 0.4) is 0 Å². The Kier molecular flexibility index (Phi) is 5.97. The van der Waals surface area contributed by atoms with Crippen molar-refractivity contribution in [1.82, 2.24) is 20.2 Å². The van der Waals surface area contributed by atoms with Crippen molar-refractivity contribution < 1.29 is 9.59 Å². The van der Waals surface area contributed by atoms with Crippen LogP contribution in [0.1, 0.15) is 29.5 Å². The number of hydrogen-bond donors (Lipinski definition) is 2. The van der Waals surface area contributed by atoms with Gasteiger partial charge in [0, 0.05) is 30.5 Å². The van der Waals surface area contributed by atoms with Gasteiger partial charge in [0.2, 0.25) is 5.91 Å². The molecule has 0 saturated carbocycles. The lowest BCUT2D eigenvalue weighted by Crippen LogP contribution is -2.35. The molecular formula is C19H20N4O3S. The topological polar surface area (TPSA) is 95.2 Å². The molecule has 140 valence electrons. The fourth-order valence-electron chi connectivity index (χ4n) is 2.70. The Bertz CT molecular complexity index is 998. The van der Waals surface area contributed by atoms with E-state index in [4.69, 9.17) is 0 Å². The van der Waals surface area contributed by atoms with Crippen LogP contribution < -0.4 is 10.9 Å². The monoisotopic (exact) mass is 384 g/mol. The normalized spacial score (nSPS) is 10.7. The number of nitrogens with zero attached hydrogens (tertiary/aromatic N) is 2. The molecule has 1 aromatic carbocycles. The van der Waals surface area contributed by atoms with E-state index < -0.39 is 0 Å². The number of benzene rings is 1. The van der Waals surface area contributed by atoms with Crippen molar-refractivity contribution in [3.05, 3.63) is 62.8 Å². The number of nitrogens with one attached hydrogen (secondary N) is 2. The number of thiophene rings is 1. The van der Waals surface area contributed by atoms with E-state index in [1.807, 2.05) is 18.4 Å². The minimum atomic E-state index is -0.220. The number of fused-ring (bicyclic) bond motifs is 1. The number of hydrogen-bond acceptors (Lipinski definition) is 5. The maximum absolute atomic E-state index is 12.5. The Morgan fingerprint density at radius 3 is 2.81 bits per heavy atom. The predicted octanol–water partition coefficient (Wildman–Crippen LogP) is 2.15. The van der Waals surface area contributed by atoms with E-state index in [0.29, 0.717) is 28.8 Å². The van der Waals surface area contributed by atoms with Gasteiger partial charge in [0.05, 0.1) is 17.4 Å². The summed E-state index contributed by atoms with van der Waals surface area (Å²) in [5.74, 6) is 0.141. The zero-order valence-electron chi connectivity index (χ0n) is 14.9. The van der Waals surface area contributed by atoms with Gasteiger partial charge in [-0.3, -0.25) is 14.4 Å². The number of para-hydroxylation sites is 1. The first kappa shape index (κ1) is 18.8. The largest absolute Gasteiger partial charge is 0.351 e. The van der Waals surface area contributed by atoms with Gasteiger partial charge in [0.1, 0.15) is 5.82 Å². The van der Waals surface area contributed by atoms with E-state index in [0.717, 1.165) is 0 Å². The van der Waals surface area contributed by atoms with E-state index >= 15 is 0 Å². The Hall–Kier alpha value is -3.00. The third kappa shape index (κ3) is 4.59. The Morgan fingerprint density at radius 1 is 1.26 bits per heavy atom. The molecule has 8 heteroatoms. The Morgan fingerprint density at radius 2 is 2.07 bits per heavy atom. The third-order valence-electron chi connectivity index (χ3n) is 4.14. The number of carbonyl (C=O) groups excluding carboxylic acids is 2. The molecule has 0 aliphatic rings. The molecule has 0 radical (unpaired) electrons. The minimum absolute atomic E-state index is 0.112. The summed E-state index contributed by atoms with van der Waals surface area (Å²) < 4.78 is 0. The van der Waals surface area contributed by atoms with Gasteiger partial charge < -0.3 is 15.2 Å². The summed E-state index contributed by atoms with van der Waals surface area (Å²) in [6.07, 6.45) is 0.182. The molecule has 0 aliphatic carbocycles. The highest BCUT2D eigenvalue weighted by atomic mass is 32.1. The zero-order chi connectivity index (χ0) is 19.2. The van der Waals surface area contributed by atoms with Crippen LogP contribution in [0.2, 0.25) is 0 Å². The molecule has 0 bridgehead atoms. The second kappa shape index (κ2) is 8.59. The summed E-state index contributed by atoms with van der Waals surface area (Å²) in [6, 6.07) is 8.82. The van der Waals surface area contributed by atoms with Crippen molar-refractivity contribution in [2.45, 2.75) is 19.9 Å². The van der Waals surface area contributed by atoms with E-state index in [2.05, 4.69) is 15.3 Å². The Balaban J connectivity index is 1.60. The van der Waals surface area contributed by atoms with Gasteiger partial charge in [-0.2, -0.15) is 11.3 Å². The molecule has 3 rings (SSSR count). The molecule has 27 heavy (non-hydrogen) atoms. The predicted molar refractivity (Wildman–Crippen MR) is 105 cm³/mol. The first-order valence-electron chi connectivity index (χ1n) is 8.64. The summed E-state index contributed by atoms with van der Waals surface area (Å²) in [5.41, 5.74) is 0.975. The van der Waals surface area contributed by atoms with Crippen LogP contribution in [0.25, 0.3) is 10.9 Å². The van der Waals surface area contributed by atoms with E-state index in [9.17, 15) is 14.4 Å². The smallest absolute Gasteiger partial charge is 0.258 e. The number of aromatic amines is 1. The number of carbonyl (C=O) groups is 2. The lowest BCUT2D eigenvalue weighted by atomic mass is 10.2. The average Bonchev–Trinajstić information content (AvgIpc) is 3.21. The maximum Gasteiger partial charge on any atom is 0.258 e. The SMILES string of the molecule is CCN(Cc1nc2ccccc2c(=O)[nH]1)C(=O)CCNC(=O)c1ccsc1. The van der Waals surface area contributed by atoms with Gasteiger partial charge in [-0.05, 0) is 30.5 Å². The van der Waals surface area contributed by atoms with Crippen LogP contribution in [0, 0.1) is 0 Å². The van der Waals surface area contributed by atoms with Crippen molar-refractivity contribution in [2.24, 2.45) is 0 Å². The summed E-state index contributed by atoms with van der Waals surface area (Å²) in [6.45, 7) is 2.81. The standard InChI is InChI=1S/C19H20N4O3S/c1-2-23(17(24)7-9-20-18(25)13-8-10-27-12-13)11-16-21-15-6-4-3-5-14(15)19(26)22-16/h3-6,8,10,12H,2,7,9,11H2,1H3,(H,20,25)(H,21,22,26). The maximum atomic E-state index is 12.5. The summed E-state index contributed by atoms with van der Waals surface area (Å²) in [5, 5.41) is 6.85. The molecule has 0 atom stereocenters. The molecule has 2 heterocycles. The molecule has 7 nitrogen and oxygen atoms in total. The molecule has 3 aromatic rings. The first-order valence-corrected chi connectivity index (χ1v) is 9.59. The van der Waals surface area contributed by atoms with Gasteiger partial charge in [-0.1, -0.05) is 12.1 Å². The fraction of sp³-hybridized carbons (Fsp3) is 0.263. The lowest BCUT2D eigenvalue weighted by Gasteiger charge is -2.20. The van der Waals surface area contributed by atoms with Crippen LogP contribution in [0.15, 0.2) is 45.9 Å². The van der Waals surface area contributed by atoms with Gasteiger partial charge >= 0.3 is 0 Å². The van der Waals surface area contributed by atoms with Crippen LogP contribution in [-0.2, 0) is 11.3 Å². The minimum Gasteiger partial charge on any atom is -0.351 e. The second-order valence-corrected chi connectivity index (χ2v) is 6.74. The van der Waals surface area contributed by atoms with Crippen molar-refractivity contribution in [1.29, 1.82) is 0 Å². The van der Waals surface area contributed by atoms with Gasteiger partial charge in [0.25, 0.3) is 11.5 Å². The van der Waals surface area contributed by atoms with Crippen molar-refractivity contribution in [3.8, 4) is 0 Å². The molecule has 2 aromatic heterocycles. The van der Waals surface area contributed by atoms with Crippen LogP contribution in [-0.4, -0.2) is 39.8 Å². The summed E-state index contributed by atoms with van der Waals surface area (Å²) in [7, 11) is 0. The number of H-pyrrole nitrogens is 1. The fourth-order valence-corrected chi connectivity index (χ4v) is 3.34. The molecule has 0 spiro atoms. The van der Waals surface area contributed by atoms with Crippen molar-refractivity contribution in [3.63, 3.8) is 0 Å². The molecule has 0 aliphatic heterocycles. The highest BCUT2D eigenvalue weighted by Crippen LogP contribution is 2.08. The van der Waals surface area contributed by atoms with Gasteiger partial charge in [0.15, 0.2) is 0 Å². The number of rotatable bonds is 7. The van der Waals surface area contributed by atoms with Crippen LogP contribution in [0.4, 0.5) is 0 Å². The zero-order valence-corrected chi connectivity index (χ0v) is 15.7. The van der Waals surface area contributed by atoms with Gasteiger partial charge in [-0.25, -0.2) is 4.98 Å². The van der Waals surface area contributed by atoms with Gasteiger partial charge in [-0.15, -0.1) is 0 Å². The van der Waals surface area contributed by atoms with Crippen molar-refractivity contribution in [2.75, 3.05) is 13.1 Å². The quantitative estimate of drug-likeness (QED) is 0.652. The summed E-state index contributed by atoms with van der Waals surface area (Å²) >= 11 is 1.45. The second-order valence-electron chi connectivity index (χ2n) is 5.96. The van der Waals surface area contributed by atoms with Crippen molar-refractivity contribution >= 4 is 34.1 Å². The number of aromatic nitrogens is 2.